The summed E-state index contributed by atoms with van der Waals surface area (Å²) in [5.41, 5.74) is 1.06. The number of phenolic OH excluding ortho intramolecular Hbond substituents is 1. The standard InChI is InChI=1S/C16H16O5/c1-16(2)20-14(18)12(15(19)21-16)8-10-4-3-5-11(13(10)17)9-6-7-9/h3-5,8-9,17H,6-7H2,1-2H3. The highest BCUT2D eigenvalue weighted by atomic mass is 16.7. The molecule has 2 aliphatic rings. The van der Waals surface area contributed by atoms with Crippen LogP contribution in [0.4, 0.5) is 0 Å². The summed E-state index contributed by atoms with van der Waals surface area (Å²) in [4.78, 5) is 23.8. The second kappa shape index (κ2) is 4.62. The Bertz CT molecular complexity index is 631. The molecule has 5 heteroatoms. The first-order valence-electron chi connectivity index (χ1n) is 6.87. The summed E-state index contributed by atoms with van der Waals surface area (Å²) in [6, 6.07) is 5.30. The monoisotopic (exact) mass is 288 g/mol. The molecule has 3 rings (SSSR count). The van der Waals surface area contributed by atoms with Gasteiger partial charge in [-0.2, -0.15) is 0 Å². The summed E-state index contributed by atoms with van der Waals surface area (Å²) >= 11 is 0. The molecule has 1 aromatic rings. The average molecular weight is 288 g/mol. The van der Waals surface area contributed by atoms with Gasteiger partial charge in [0.2, 0.25) is 0 Å². The number of phenols is 1. The van der Waals surface area contributed by atoms with Gasteiger partial charge in [0.05, 0.1) is 0 Å². The number of aromatic hydroxyl groups is 1. The van der Waals surface area contributed by atoms with Gasteiger partial charge in [0.25, 0.3) is 5.79 Å². The van der Waals surface area contributed by atoms with Crippen LogP contribution in [0.3, 0.4) is 0 Å². The summed E-state index contributed by atoms with van der Waals surface area (Å²) in [5.74, 6) is -2.27. The zero-order valence-corrected chi connectivity index (χ0v) is 11.9. The van der Waals surface area contributed by atoms with Gasteiger partial charge in [0, 0.05) is 19.4 Å². The number of para-hydroxylation sites is 1. The molecule has 21 heavy (non-hydrogen) atoms. The van der Waals surface area contributed by atoms with Crippen molar-refractivity contribution in [1.82, 2.24) is 0 Å². The fourth-order valence-electron chi connectivity index (χ4n) is 2.35. The SMILES string of the molecule is CC1(C)OC(=O)C(=Cc2cccc(C3CC3)c2O)C(=O)O1. The zero-order valence-electron chi connectivity index (χ0n) is 11.9. The van der Waals surface area contributed by atoms with E-state index in [2.05, 4.69) is 0 Å². The first-order chi connectivity index (χ1) is 9.87. The minimum atomic E-state index is -1.26. The molecular formula is C16H16O5. The Labute approximate surface area is 122 Å². The van der Waals surface area contributed by atoms with E-state index in [1.807, 2.05) is 6.07 Å². The Kier molecular flexibility index (Phi) is 3.01. The summed E-state index contributed by atoms with van der Waals surface area (Å²) in [7, 11) is 0. The first kappa shape index (κ1) is 13.7. The highest BCUT2D eigenvalue weighted by Gasteiger charge is 2.39. The molecule has 1 N–H and O–H groups in total. The maximum atomic E-state index is 11.9. The molecule has 110 valence electrons. The van der Waals surface area contributed by atoms with E-state index in [1.165, 1.54) is 19.9 Å². The van der Waals surface area contributed by atoms with Crippen molar-refractivity contribution in [3.63, 3.8) is 0 Å². The molecule has 1 saturated carbocycles. The number of esters is 2. The van der Waals surface area contributed by atoms with Gasteiger partial charge in [-0.1, -0.05) is 18.2 Å². The summed E-state index contributed by atoms with van der Waals surface area (Å²) in [5, 5.41) is 10.3. The van der Waals surface area contributed by atoms with Crippen LogP contribution in [0.15, 0.2) is 23.8 Å². The average Bonchev–Trinajstić information content (AvgIpc) is 3.18. The van der Waals surface area contributed by atoms with E-state index in [0.717, 1.165) is 18.4 Å². The smallest absolute Gasteiger partial charge is 0.348 e. The lowest BCUT2D eigenvalue weighted by Crippen LogP contribution is -2.41. The summed E-state index contributed by atoms with van der Waals surface area (Å²) in [6.45, 7) is 2.98. The molecule has 0 atom stereocenters. The predicted octanol–water partition coefficient (Wildman–Crippen LogP) is 2.49. The lowest BCUT2D eigenvalue weighted by molar-refractivity contribution is -0.222. The maximum absolute atomic E-state index is 11.9. The van der Waals surface area contributed by atoms with Gasteiger partial charge in [-0.05, 0) is 30.4 Å². The minimum Gasteiger partial charge on any atom is -0.507 e. The normalized spacial score (nSPS) is 20.8. The van der Waals surface area contributed by atoms with E-state index >= 15 is 0 Å². The Balaban J connectivity index is 1.96. The van der Waals surface area contributed by atoms with Crippen molar-refractivity contribution < 1.29 is 24.2 Å². The molecule has 0 radical (unpaired) electrons. The van der Waals surface area contributed by atoms with Gasteiger partial charge < -0.3 is 14.6 Å². The number of hydrogen-bond acceptors (Lipinski definition) is 5. The molecule has 1 aliphatic heterocycles. The number of carbonyl (C=O) groups is 2. The molecule has 2 fully saturated rings. The van der Waals surface area contributed by atoms with Crippen LogP contribution >= 0.6 is 0 Å². The van der Waals surface area contributed by atoms with Crippen LogP contribution in [-0.2, 0) is 19.1 Å². The van der Waals surface area contributed by atoms with Gasteiger partial charge in [0.1, 0.15) is 11.3 Å². The molecule has 0 aromatic heterocycles. The number of ether oxygens (including phenoxy) is 2. The summed E-state index contributed by atoms with van der Waals surface area (Å²) in [6.07, 6.45) is 3.42. The number of carbonyl (C=O) groups excluding carboxylic acids is 2. The number of hydrogen-bond donors (Lipinski definition) is 1. The van der Waals surface area contributed by atoms with Crippen molar-refractivity contribution >= 4 is 18.0 Å². The molecule has 1 aromatic carbocycles. The van der Waals surface area contributed by atoms with Gasteiger partial charge >= 0.3 is 11.9 Å². The van der Waals surface area contributed by atoms with E-state index in [-0.39, 0.29) is 11.3 Å². The fraction of sp³-hybridized carbons (Fsp3) is 0.375. The van der Waals surface area contributed by atoms with Gasteiger partial charge in [-0.15, -0.1) is 0 Å². The van der Waals surface area contributed by atoms with Crippen molar-refractivity contribution in [2.24, 2.45) is 0 Å². The van der Waals surface area contributed by atoms with Gasteiger partial charge in [-0.25, -0.2) is 9.59 Å². The Morgan fingerprint density at radius 1 is 1.19 bits per heavy atom. The molecule has 0 spiro atoms. The summed E-state index contributed by atoms with van der Waals surface area (Å²) < 4.78 is 10.1. The lowest BCUT2D eigenvalue weighted by Gasteiger charge is -2.29. The van der Waals surface area contributed by atoms with Crippen molar-refractivity contribution in [1.29, 1.82) is 0 Å². The predicted molar refractivity (Wildman–Crippen MR) is 74.3 cm³/mol. The molecule has 1 aliphatic carbocycles. The van der Waals surface area contributed by atoms with Gasteiger partial charge in [-0.3, -0.25) is 0 Å². The third-order valence-electron chi connectivity index (χ3n) is 3.53. The number of benzene rings is 1. The van der Waals surface area contributed by atoms with E-state index in [1.54, 1.807) is 12.1 Å². The quantitative estimate of drug-likeness (QED) is 0.514. The second-order valence-electron chi connectivity index (χ2n) is 5.80. The van der Waals surface area contributed by atoms with Crippen molar-refractivity contribution in [3.8, 4) is 5.75 Å². The van der Waals surface area contributed by atoms with E-state index in [9.17, 15) is 14.7 Å². The molecule has 1 saturated heterocycles. The fourth-order valence-corrected chi connectivity index (χ4v) is 2.35. The van der Waals surface area contributed by atoms with E-state index < -0.39 is 17.7 Å². The Hall–Kier alpha value is -2.30. The van der Waals surface area contributed by atoms with Crippen molar-refractivity contribution in [2.45, 2.75) is 38.4 Å². The van der Waals surface area contributed by atoms with E-state index in [4.69, 9.17) is 9.47 Å². The molecule has 0 bridgehead atoms. The molecule has 5 nitrogen and oxygen atoms in total. The third-order valence-corrected chi connectivity index (χ3v) is 3.53. The van der Waals surface area contributed by atoms with Crippen LogP contribution in [0.25, 0.3) is 6.08 Å². The van der Waals surface area contributed by atoms with Crippen LogP contribution in [0, 0.1) is 0 Å². The topological polar surface area (TPSA) is 72.8 Å². The van der Waals surface area contributed by atoms with Crippen LogP contribution in [-0.4, -0.2) is 22.8 Å². The second-order valence-corrected chi connectivity index (χ2v) is 5.80. The van der Waals surface area contributed by atoms with Crippen molar-refractivity contribution in [2.75, 3.05) is 0 Å². The number of rotatable bonds is 2. The minimum absolute atomic E-state index is 0.109. The van der Waals surface area contributed by atoms with Gasteiger partial charge in [0.15, 0.2) is 0 Å². The maximum Gasteiger partial charge on any atom is 0.348 e. The van der Waals surface area contributed by atoms with Crippen LogP contribution in [0.2, 0.25) is 0 Å². The molecule has 0 unspecified atom stereocenters. The number of cyclic esters (lactones) is 2. The molecule has 0 amide bonds. The lowest BCUT2D eigenvalue weighted by atomic mass is 10.0. The zero-order chi connectivity index (χ0) is 15.2. The van der Waals surface area contributed by atoms with E-state index in [0.29, 0.717) is 11.5 Å². The van der Waals surface area contributed by atoms with Crippen molar-refractivity contribution in [3.05, 3.63) is 34.9 Å². The third kappa shape index (κ3) is 2.63. The van der Waals surface area contributed by atoms with Crippen LogP contribution < -0.4 is 0 Å². The van der Waals surface area contributed by atoms with Crippen LogP contribution in [0.1, 0.15) is 43.7 Å². The first-order valence-corrected chi connectivity index (χ1v) is 6.87. The molecular weight excluding hydrogens is 272 g/mol. The highest BCUT2D eigenvalue weighted by Crippen LogP contribution is 2.45. The van der Waals surface area contributed by atoms with Crippen LogP contribution in [0.5, 0.6) is 5.75 Å². The molecule has 1 heterocycles. The Morgan fingerprint density at radius 2 is 1.81 bits per heavy atom. The Morgan fingerprint density at radius 3 is 2.38 bits per heavy atom. The highest BCUT2D eigenvalue weighted by molar-refractivity contribution is 6.19. The largest absolute Gasteiger partial charge is 0.507 e.